The fourth-order valence-electron chi connectivity index (χ4n) is 2.05. The van der Waals surface area contributed by atoms with E-state index in [2.05, 4.69) is 4.90 Å². The lowest BCUT2D eigenvalue weighted by molar-refractivity contribution is 0.0940. The van der Waals surface area contributed by atoms with Crippen molar-refractivity contribution in [2.24, 2.45) is 0 Å². The average molecular weight is 235 g/mol. The van der Waals surface area contributed by atoms with Crippen molar-refractivity contribution < 1.29 is 14.6 Å². The van der Waals surface area contributed by atoms with Crippen LogP contribution in [0.2, 0.25) is 0 Å². The van der Waals surface area contributed by atoms with Crippen LogP contribution in [0.1, 0.15) is 16.8 Å². The number of hydrogen-bond donors (Lipinski definition) is 1. The van der Waals surface area contributed by atoms with Crippen LogP contribution in [0.15, 0.2) is 24.3 Å². The number of carbonyl (C=O) groups excluding carboxylic acids is 1. The molecule has 0 aromatic heterocycles. The maximum atomic E-state index is 11.7. The Hall–Kier alpha value is -1.39. The van der Waals surface area contributed by atoms with Gasteiger partial charge in [-0.05, 0) is 12.1 Å². The minimum atomic E-state index is 0.0507. The molecule has 92 valence electrons. The Balaban J connectivity index is 2.00. The molecule has 0 saturated carbocycles. The van der Waals surface area contributed by atoms with Gasteiger partial charge in [-0.2, -0.15) is 0 Å². The van der Waals surface area contributed by atoms with Crippen LogP contribution >= 0.6 is 0 Å². The SMILES string of the molecule is O=C1CCN(CCOCCO)c2ccccc21. The number of aliphatic hydroxyl groups excluding tert-OH is 1. The highest BCUT2D eigenvalue weighted by Gasteiger charge is 2.21. The second kappa shape index (κ2) is 5.80. The van der Waals surface area contributed by atoms with Crippen molar-refractivity contribution >= 4 is 11.5 Å². The Morgan fingerprint density at radius 1 is 1.29 bits per heavy atom. The van der Waals surface area contributed by atoms with Gasteiger partial charge >= 0.3 is 0 Å². The molecule has 0 spiro atoms. The third kappa shape index (κ3) is 2.84. The predicted molar refractivity (Wildman–Crippen MR) is 65.5 cm³/mol. The van der Waals surface area contributed by atoms with Crippen molar-refractivity contribution in [3.8, 4) is 0 Å². The smallest absolute Gasteiger partial charge is 0.166 e. The predicted octanol–water partition coefficient (Wildman–Crippen LogP) is 1.09. The van der Waals surface area contributed by atoms with Crippen LogP contribution < -0.4 is 4.90 Å². The van der Waals surface area contributed by atoms with E-state index in [0.29, 0.717) is 19.6 Å². The summed E-state index contributed by atoms with van der Waals surface area (Å²) in [5.41, 5.74) is 1.80. The number of rotatable bonds is 5. The number of carbonyl (C=O) groups is 1. The second-order valence-corrected chi connectivity index (χ2v) is 4.01. The second-order valence-electron chi connectivity index (χ2n) is 4.01. The van der Waals surface area contributed by atoms with Gasteiger partial charge in [0, 0.05) is 30.8 Å². The summed E-state index contributed by atoms with van der Waals surface area (Å²) in [6.45, 7) is 2.50. The number of hydrogen-bond acceptors (Lipinski definition) is 4. The maximum absolute atomic E-state index is 11.7. The first kappa shape index (κ1) is 12.1. The van der Waals surface area contributed by atoms with E-state index in [1.54, 1.807) is 0 Å². The minimum absolute atomic E-state index is 0.0507. The largest absolute Gasteiger partial charge is 0.394 e. The summed E-state index contributed by atoms with van der Waals surface area (Å²) < 4.78 is 5.25. The molecule has 1 aromatic carbocycles. The van der Waals surface area contributed by atoms with Gasteiger partial charge in [0.1, 0.15) is 0 Å². The van der Waals surface area contributed by atoms with Gasteiger partial charge in [-0.25, -0.2) is 0 Å². The van der Waals surface area contributed by atoms with Gasteiger partial charge < -0.3 is 14.7 Å². The molecule has 1 aliphatic heterocycles. The van der Waals surface area contributed by atoms with Crippen LogP contribution in [-0.4, -0.2) is 43.8 Å². The molecule has 2 rings (SSSR count). The van der Waals surface area contributed by atoms with Gasteiger partial charge in [-0.1, -0.05) is 12.1 Å². The van der Waals surface area contributed by atoms with E-state index in [4.69, 9.17) is 9.84 Å². The molecule has 1 heterocycles. The van der Waals surface area contributed by atoms with E-state index >= 15 is 0 Å². The van der Waals surface area contributed by atoms with Crippen molar-refractivity contribution in [2.45, 2.75) is 6.42 Å². The number of para-hydroxylation sites is 1. The first-order chi connectivity index (χ1) is 8.33. The highest BCUT2D eigenvalue weighted by atomic mass is 16.5. The molecule has 0 saturated heterocycles. The summed E-state index contributed by atoms with van der Waals surface area (Å²) >= 11 is 0. The Morgan fingerprint density at radius 3 is 2.94 bits per heavy atom. The van der Waals surface area contributed by atoms with Crippen LogP contribution in [0.4, 0.5) is 5.69 Å². The number of benzene rings is 1. The van der Waals surface area contributed by atoms with Crippen molar-refractivity contribution in [3.63, 3.8) is 0 Å². The van der Waals surface area contributed by atoms with Gasteiger partial charge in [-0.3, -0.25) is 4.79 Å². The Kier molecular flexibility index (Phi) is 4.12. The zero-order chi connectivity index (χ0) is 12.1. The number of nitrogens with zero attached hydrogens (tertiary/aromatic N) is 1. The minimum Gasteiger partial charge on any atom is -0.394 e. The summed E-state index contributed by atoms with van der Waals surface area (Å²) in [7, 11) is 0. The van der Waals surface area contributed by atoms with E-state index in [9.17, 15) is 4.79 Å². The number of ether oxygens (including phenoxy) is 1. The quantitative estimate of drug-likeness (QED) is 0.776. The highest BCUT2D eigenvalue weighted by Crippen LogP contribution is 2.26. The van der Waals surface area contributed by atoms with Gasteiger partial charge in [0.2, 0.25) is 0 Å². The van der Waals surface area contributed by atoms with Crippen LogP contribution in [0.5, 0.6) is 0 Å². The van der Waals surface area contributed by atoms with Gasteiger partial charge in [-0.15, -0.1) is 0 Å². The lowest BCUT2D eigenvalue weighted by Gasteiger charge is -2.30. The van der Waals surface area contributed by atoms with E-state index in [1.807, 2.05) is 24.3 Å². The molecule has 0 aliphatic carbocycles. The molecule has 4 heteroatoms. The molecule has 0 radical (unpaired) electrons. The molecule has 0 bridgehead atoms. The topological polar surface area (TPSA) is 49.8 Å². The van der Waals surface area contributed by atoms with Gasteiger partial charge in [0.15, 0.2) is 5.78 Å². The third-order valence-electron chi connectivity index (χ3n) is 2.90. The zero-order valence-electron chi connectivity index (χ0n) is 9.76. The molecule has 0 atom stereocenters. The average Bonchev–Trinajstić information content (AvgIpc) is 2.37. The summed E-state index contributed by atoms with van der Waals surface area (Å²) in [6.07, 6.45) is 0.566. The summed E-state index contributed by atoms with van der Waals surface area (Å²) in [5, 5.41) is 8.61. The van der Waals surface area contributed by atoms with Crippen molar-refractivity contribution in [1.82, 2.24) is 0 Å². The molecule has 1 N–H and O–H groups in total. The molecule has 0 unspecified atom stereocenters. The Bertz CT molecular complexity index is 392. The molecule has 0 fully saturated rings. The van der Waals surface area contributed by atoms with Crippen molar-refractivity contribution in [1.29, 1.82) is 0 Å². The zero-order valence-corrected chi connectivity index (χ0v) is 9.76. The lowest BCUT2D eigenvalue weighted by atomic mass is 10.0. The van der Waals surface area contributed by atoms with Crippen LogP contribution in [0.25, 0.3) is 0 Å². The van der Waals surface area contributed by atoms with E-state index in [1.165, 1.54) is 0 Å². The fraction of sp³-hybridized carbons (Fsp3) is 0.462. The van der Waals surface area contributed by atoms with Crippen molar-refractivity contribution in [3.05, 3.63) is 29.8 Å². The fourth-order valence-corrected chi connectivity index (χ4v) is 2.05. The van der Waals surface area contributed by atoms with Crippen molar-refractivity contribution in [2.75, 3.05) is 37.8 Å². The monoisotopic (exact) mass is 235 g/mol. The standard InChI is InChI=1S/C13H17NO3/c15-8-10-17-9-7-14-6-5-13(16)11-3-1-2-4-12(11)14/h1-4,15H,5-10H2. The van der Waals surface area contributed by atoms with Gasteiger partial charge in [0.05, 0.1) is 19.8 Å². The number of ketones is 1. The molecular formula is C13H17NO3. The Labute approximate surface area is 101 Å². The van der Waals surface area contributed by atoms with Crippen LogP contribution in [0.3, 0.4) is 0 Å². The molecule has 4 nitrogen and oxygen atoms in total. The number of anilines is 1. The van der Waals surface area contributed by atoms with Crippen LogP contribution in [0, 0.1) is 0 Å². The molecular weight excluding hydrogens is 218 g/mol. The Morgan fingerprint density at radius 2 is 2.12 bits per heavy atom. The number of aliphatic hydroxyl groups is 1. The van der Waals surface area contributed by atoms with E-state index < -0.39 is 0 Å². The molecule has 17 heavy (non-hydrogen) atoms. The third-order valence-corrected chi connectivity index (χ3v) is 2.90. The summed E-state index contributed by atoms with van der Waals surface area (Å²) in [6, 6.07) is 7.68. The van der Waals surface area contributed by atoms with E-state index in [0.717, 1.165) is 24.3 Å². The lowest BCUT2D eigenvalue weighted by Crippen LogP contribution is -2.34. The van der Waals surface area contributed by atoms with E-state index in [-0.39, 0.29) is 12.4 Å². The molecule has 1 aromatic rings. The first-order valence-corrected chi connectivity index (χ1v) is 5.88. The normalized spacial score (nSPS) is 14.9. The summed E-state index contributed by atoms with van der Waals surface area (Å²) in [4.78, 5) is 13.9. The number of Topliss-reactive ketones (excluding diaryl/α,β-unsaturated/α-hetero) is 1. The maximum Gasteiger partial charge on any atom is 0.166 e. The van der Waals surface area contributed by atoms with Gasteiger partial charge in [0.25, 0.3) is 0 Å². The number of fused-ring (bicyclic) bond motifs is 1. The first-order valence-electron chi connectivity index (χ1n) is 5.88. The highest BCUT2D eigenvalue weighted by molar-refractivity contribution is 6.03. The molecule has 1 aliphatic rings. The molecule has 0 amide bonds. The summed E-state index contributed by atoms with van der Waals surface area (Å²) in [5.74, 6) is 0.216. The van der Waals surface area contributed by atoms with Crippen LogP contribution in [-0.2, 0) is 4.74 Å².